The van der Waals surface area contributed by atoms with Crippen LogP contribution in [0.15, 0.2) is 97.3 Å². The van der Waals surface area contributed by atoms with Gasteiger partial charge in [0.05, 0.1) is 11.4 Å². The number of aromatic nitrogens is 2. The number of pyridine rings is 2. The third kappa shape index (κ3) is 2.21. The molecule has 0 saturated heterocycles. The molecule has 2 aromatic heterocycles. The van der Waals surface area contributed by atoms with Crippen LogP contribution in [-0.2, 0) is 0 Å². The van der Waals surface area contributed by atoms with Gasteiger partial charge in [0, 0.05) is 18.0 Å². The lowest BCUT2D eigenvalue weighted by Crippen LogP contribution is -1.88. The summed E-state index contributed by atoms with van der Waals surface area (Å²) in [6.07, 6.45) is 3.74. The van der Waals surface area contributed by atoms with Crippen LogP contribution in [0.1, 0.15) is 0 Å². The zero-order valence-electron chi connectivity index (χ0n) is 15.1. The summed E-state index contributed by atoms with van der Waals surface area (Å²) in [5, 5.41) is 2.63. The first kappa shape index (κ1) is 15.3. The van der Waals surface area contributed by atoms with Gasteiger partial charge in [-0.15, -0.1) is 0 Å². The molecule has 0 saturated carbocycles. The highest BCUT2D eigenvalue weighted by Gasteiger charge is 2.21. The Balaban J connectivity index is 1.52. The fourth-order valence-corrected chi connectivity index (χ4v) is 4.21. The number of fused-ring (bicyclic) bond motifs is 3. The normalized spacial score (nSPS) is 11.6. The maximum absolute atomic E-state index is 4.66. The van der Waals surface area contributed by atoms with E-state index >= 15 is 0 Å². The molecule has 3 aromatic carbocycles. The van der Waals surface area contributed by atoms with Gasteiger partial charge in [-0.25, -0.2) is 0 Å². The summed E-state index contributed by atoms with van der Waals surface area (Å²) in [5.74, 6) is 0. The number of hydrogen-bond donors (Lipinski definition) is 0. The van der Waals surface area contributed by atoms with E-state index in [1.807, 2.05) is 30.5 Å². The number of hydrogen-bond acceptors (Lipinski definition) is 2. The molecule has 1 aliphatic carbocycles. The summed E-state index contributed by atoms with van der Waals surface area (Å²) in [6, 6.07) is 29.9. The van der Waals surface area contributed by atoms with Crippen molar-refractivity contribution in [2.75, 3.05) is 0 Å². The molecule has 0 amide bonds. The van der Waals surface area contributed by atoms with Gasteiger partial charge in [-0.05, 0) is 68.9 Å². The van der Waals surface area contributed by atoms with Crippen molar-refractivity contribution >= 4 is 10.8 Å². The SMILES string of the molecule is c1ccc(-c2ccc(-c3cc4c5c(cccc5c3)-c3ccccc3-4)cn2)nc1. The van der Waals surface area contributed by atoms with Gasteiger partial charge in [-0.1, -0.05) is 54.6 Å². The lowest BCUT2D eigenvalue weighted by atomic mass is 9.97. The average molecular weight is 356 g/mol. The van der Waals surface area contributed by atoms with Crippen molar-refractivity contribution in [1.82, 2.24) is 9.97 Å². The molecule has 0 fully saturated rings. The summed E-state index contributed by atoms with van der Waals surface area (Å²) in [5.41, 5.74) is 9.37. The number of rotatable bonds is 2. The van der Waals surface area contributed by atoms with Gasteiger partial charge in [-0.2, -0.15) is 0 Å². The minimum absolute atomic E-state index is 0.891. The van der Waals surface area contributed by atoms with Crippen LogP contribution in [0.5, 0.6) is 0 Å². The van der Waals surface area contributed by atoms with E-state index in [2.05, 4.69) is 70.6 Å². The molecule has 1 aliphatic rings. The van der Waals surface area contributed by atoms with E-state index in [4.69, 9.17) is 0 Å². The molecule has 6 rings (SSSR count). The maximum Gasteiger partial charge on any atom is 0.0886 e. The van der Waals surface area contributed by atoms with E-state index in [1.54, 1.807) is 6.20 Å². The Morgan fingerprint density at radius 3 is 2.07 bits per heavy atom. The van der Waals surface area contributed by atoms with Crippen molar-refractivity contribution in [3.05, 3.63) is 97.3 Å². The minimum atomic E-state index is 0.891. The van der Waals surface area contributed by atoms with Gasteiger partial charge in [0.2, 0.25) is 0 Å². The van der Waals surface area contributed by atoms with Crippen molar-refractivity contribution in [3.8, 4) is 44.8 Å². The molecule has 0 N–H and O–H groups in total. The predicted molar refractivity (Wildman–Crippen MR) is 115 cm³/mol. The highest BCUT2D eigenvalue weighted by molar-refractivity contribution is 6.16. The van der Waals surface area contributed by atoms with Crippen LogP contribution < -0.4 is 0 Å². The molecule has 0 radical (unpaired) electrons. The Labute approximate surface area is 163 Å². The van der Waals surface area contributed by atoms with Gasteiger partial charge >= 0.3 is 0 Å². The smallest absolute Gasteiger partial charge is 0.0886 e. The van der Waals surface area contributed by atoms with Crippen LogP contribution in [0.3, 0.4) is 0 Å². The van der Waals surface area contributed by atoms with Crippen LogP contribution >= 0.6 is 0 Å². The lowest BCUT2D eigenvalue weighted by Gasteiger charge is -2.08. The summed E-state index contributed by atoms with van der Waals surface area (Å²) >= 11 is 0. The molecule has 2 heteroatoms. The molecule has 0 atom stereocenters. The van der Waals surface area contributed by atoms with Gasteiger partial charge < -0.3 is 0 Å². The van der Waals surface area contributed by atoms with Crippen LogP contribution in [0.2, 0.25) is 0 Å². The van der Waals surface area contributed by atoms with Crippen LogP contribution in [0, 0.1) is 0 Å². The molecule has 0 bridgehead atoms. The summed E-state index contributed by atoms with van der Waals surface area (Å²) in [7, 11) is 0. The monoisotopic (exact) mass is 356 g/mol. The van der Waals surface area contributed by atoms with E-state index in [1.165, 1.54) is 38.6 Å². The molecule has 2 heterocycles. The van der Waals surface area contributed by atoms with Crippen molar-refractivity contribution < 1.29 is 0 Å². The highest BCUT2D eigenvalue weighted by atomic mass is 14.8. The summed E-state index contributed by atoms with van der Waals surface area (Å²) in [6.45, 7) is 0. The second kappa shape index (κ2) is 5.86. The Kier molecular flexibility index (Phi) is 3.20. The third-order valence-corrected chi connectivity index (χ3v) is 5.51. The first-order valence-electron chi connectivity index (χ1n) is 9.43. The zero-order chi connectivity index (χ0) is 18.5. The van der Waals surface area contributed by atoms with Crippen molar-refractivity contribution in [2.45, 2.75) is 0 Å². The molecular formula is C26H16N2. The molecule has 5 aromatic rings. The molecular weight excluding hydrogens is 340 g/mol. The second-order valence-electron chi connectivity index (χ2n) is 7.12. The molecule has 0 unspecified atom stereocenters. The lowest BCUT2D eigenvalue weighted by molar-refractivity contribution is 1.25. The fourth-order valence-electron chi connectivity index (χ4n) is 4.21. The Bertz CT molecular complexity index is 1340. The highest BCUT2D eigenvalue weighted by Crippen LogP contribution is 2.48. The fraction of sp³-hybridized carbons (Fsp3) is 0. The van der Waals surface area contributed by atoms with Crippen molar-refractivity contribution in [3.63, 3.8) is 0 Å². The van der Waals surface area contributed by atoms with Crippen LogP contribution in [0.4, 0.5) is 0 Å². The van der Waals surface area contributed by atoms with Gasteiger partial charge in [-0.3, -0.25) is 9.97 Å². The maximum atomic E-state index is 4.66. The average Bonchev–Trinajstić information content (AvgIpc) is 3.10. The molecule has 2 nitrogen and oxygen atoms in total. The minimum Gasteiger partial charge on any atom is -0.255 e. The first-order valence-corrected chi connectivity index (χ1v) is 9.43. The van der Waals surface area contributed by atoms with Crippen molar-refractivity contribution in [1.29, 1.82) is 0 Å². The molecule has 0 spiro atoms. The molecule has 0 aliphatic heterocycles. The van der Waals surface area contributed by atoms with Gasteiger partial charge in [0.25, 0.3) is 0 Å². The summed E-state index contributed by atoms with van der Waals surface area (Å²) in [4.78, 5) is 9.04. The van der Waals surface area contributed by atoms with E-state index in [0.717, 1.165) is 17.0 Å². The Hall–Kier alpha value is -3.78. The Morgan fingerprint density at radius 2 is 1.29 bits per heavy atom. The quantitative estimate of drug-likeness (QED) is 0.349. The molecule has 130 valence electrons. The van der Waals surface area contributed by atoms with E-state index in [-0.39, 0.29) is 0 Å². The molecule has 28 heavy (non-hydrogen) atoms. The van der Waals surface area contributed by atoms with Crippen LogP contribution in [-0.4, -0.2) is 9.97 Å². The zero-order valence-corrected chi connectivity index (χ0v) is 15.1. The summed E-state index contributed by atoms with van der Waals surface area (Å²) < 4.78 is 0. The Morgan fingerprint density at radius 1 is 0.500 bits per heavy atom. The van der Waals surface area contributed by atoms with Gasteiger partial charge in [0.15, 0.2) is 0 Å². The van der Waals surface area contributed by atoms with Gasteiger partial charge in [0.1, 0.15) is 0 Å². The largest absolute Gasteiger partial charge is 0.255 e. The van der Waals surface area contributed by atoms with E-state index in [9.17, 15) is 0 Å². The first-order chi connectivity index (χ1) is 13.9. The second-order valence-corrected chi connectivity index (χ2v) is 7.12. The van der Waals surface area contributed by atoms with E-state index in [0.29, 0.717) is 0 Å². The van der Waals surface area contributed by atoms with Crippen LogP contribution in [0.25, 0.3) is 55.5 Å². The van der Waals surface area contributed by atoms with E-state index < -0.39 is 0 Å². The third-order valence-electron chi connectivity index (χ3n) is 5.51. The predicted octanol–water partition coefficient (Wildman–Crippen LogP) is 6.61. The van der Waals surface area contributed by atoms with Crippen molar-refractivity contribution in [2.24, 2.45) is 0 Å². The topological polar surface area (TPSA) is 25.8 Å². The number of nitrogens with zero attached hydrogens (tertiary/aromatic N) is 2. The standard InChI is InChI=1S/C26H16N2/c1-2-8-21-20(7-1)22-9-5-6-17-14-19(15-23(21)26(17)22)18-11-12-25(28-16-18)24-10-3-4-13-27-24/h1-16H. The number of benzene rings is 3.